The first kappa shape index (κ1) is 29.8. The van der Waals surface area contributed by atoms with Crippen molar-refractivity contribution in [2.24, 2.45) is 0 Å². The number of fused-ring (bicyclic) bond motifs is 1. The summed E-state index contributed by atoms with van der Waals surface area (Å²) in [5.41, 5.74) is 4.39. The highest BCUT2D eigenvalue weighted by Crippen LogP contribution is 2.38. The number of anilines is 3. The molecular weight excluding hydrogens is 558 g/mol. The number of carbonyl (C=O) groups is 1. The molecule has 0 atom stereocenters. The molecule has 0 saturated carbocycles. The first-order valence-corrected chi connectivity index (χ1v) is 14.0. The molecule has 0 aliphatic heterocycles. The Bertz CT molecular complexity index is 1650. The van der Waals surface area contributed by atoms with E-state index in [1.165, 1.54) is 24.0 Å². The molecular formula is C30H30ClN7O2S. The molecule has 0 radical (unpaired) electrons. The Balaban J connectivity index is 1.68. The monoisotopic (exact) mass is 587 g/mol. The molecule has 2 aromatic carbocycles. The van der Waals surface area contributed by atoms with Crippen LogP contribution in [0.2, 0.25) is 5.02 Å². The number of aryl methyl sites for hydroxylation is 2. The normalized spacial score (nSPS) is 11.2. The van der Waals surface area contributed by atoms with Gasteiger partial charge in [-0.15, -0.1) is 0 Å². The molecule has 2 heterocycles. The van der Waals surface area contributed by atoms with Gasteiger partial charge in [0.25, 0.3) is 0 Å². The van der Waals surface area contributed by atoms with E-state index in [0.717, 1.165) is 16.3 Å². The third-order valence-electron chi connectivity index (χ3n) is 5.75. The third-order valence-corrected chi connectivity index (χ3v) is 7.12. The van der Waals surface area contributed by atoms with Crippen LogP contribution in [0, 0.1) is 25.2 Å². The smallest absolute Gasteiger partial charge is 0.248 e. The molecule has 9 nitrogen and oxygen atoms in total. The first-order valence-electron chi connectivity index (χ1n) is 12.9. The summed E-state index contributed by atoms with van der Waals surface area (Å²) in [7, 11) is 3.85. The molecule has 2 N–H and O–H groups in total. The van der Waals surface area contributed by atoms with Gasteiger partial charge in [-0.25, -0.2) is 9.97 Å². The van der Waals surface area contributed by atoms with E-state index in [1.807, 2.05) is 58.0 Å². The van der Waals surface area contributed by atoms with Crippen LogP contribution in [0.15, 0.2) is 64.8 Å². The van der Waals surface area contributed by atoms with Gasteiger partial charge in [0.15, 0.2) is 5.16 Å². The number of nitrogens with one attached hydrogen (secondary N) is 2. The van der Waals surface area contributed by atoms with Crippen molar-refractivity contribution in [3.05, 3.63) is 76.7 Å². The SMILES string of the molecule is CCOc1cc2ncc(C#N)c(Nc3ccc(Sc4nc(C)cc(C)n4)c(Cl)c3)c2cc1NC(=O)C=CCN(C)C. The lowest BCUT2D eigenvalue weighted by atomic mass is 10.1. The van der Waals surface area contributed by atoms with E-state index in [0.29, 0.717) is 62.6 Å². The zero-order chi connectivity index (χ0) is 29.5. The molecule has 4 aromatic rings. The molecule has 0 saturated heterocycles. The fraction of sp³-hybridized carbons (Fsp3) is 0.233. The molecule has 0 spiro atoms. The quantitative estimate of drug-likeness (QED) is 0.158. The van der Waals surface area contributed by atoms with E-state index in [-0.39, 0.29) is 5.91 Å². The summed E-state index contributed by atoms with van der Waals surface area (Å²) >= 11 is 8.03. The van der Waals surface area contributed by atoms with Crippen molar-refractivity contribution in [2.75, 3.05) is 37.9 Å². The number of nitriles is 1. The van der Waals surface area contributed by atoms with Gasteiger partial charge < -0.3 is 20.3 Å². The Labute approximate surface area is 248 Å². The van der Waals surface area contributed by atoms with Crippen molar-refractivity contribution < 1.29 is 9.53 Å². The van der Waals surface area contributed by atoms with Gasteiger partial charge in [0.1, 0.15) is 11.8 Å². The number of hydrogen-bond donors (Lipinski definition) is 2. The number of hydrogen-bond acceptors (Lipinski definition) is 9. The molecule has 0 bridgehead atoms. The van der Waals surface area contributed by atoms with Crippen LogP contribution in [0.25, 0.3) is 10.9 Å². The van der Waals surface area contributed by atoms with E-state index in [1.54, 1.807) is 24.3 Å². The molecule has 41 heavy (non-hydrogen) atoms. The predicted molar refractivity (Wildman–Crippen MR) is 164 cm³/mol. The van der Waals surface area contributed by atoms with Crippen molar-refractivity contribution in [3.8, 4) is 11.8 Å². The average molecular weight is 588 g/mol. The number of benzene rings is 2. The van der Waals surface area contributed by atoms with Crippen LogP contribution in [0.4, 0.5) is 17.1 Å². The van der Waals surface area contributed by atoms with Crippen LogP contribution in [0.3, 0.4) is 0 Å². The topological polar surface area (TPSA) is 116 Å². The second-order valence-electron chi connectivity index (χ2n) is 9.42. The largest absolute Gasteiger partial charge is 0.492 e. The summed E-state index contributed by atoms with van der Waals surface area (Å²) in [6, 6.07) is 13.2. The molecule has 0 aliphatic rings. The summed E-state index contributed by atoms with van der Waals surface area (Å²) < 4.78 is 5.79. The highest BCUT2D eigenvalue weighted by atomic mass is 35.5. The molecule has 4 rings (SSSR count). The summed E-state index contributed by atoms with van der Waals surface area (Å²) in [6.07, 6.45) is 4.76. The zero-order valence-corrected chi connectivity index (χ0v) is 25.0. The van der Waals surface area contributed by atoms with Crippen LogP contribution in [0.1, 0.15) is 23.9 Å². The molecule has 1 amide bonds. The number of carbonyl (C=O) groups excluding carboxylic acids is 1. The predicted octanol–water partition coefficient (Wildman–Crippen LogP) is 6.52. The van der Waals surface area contributed by atoms with E-state index in [4.69, 9.17) is 16.3 Å². The highest BCUT2D eigenvalue weighted by Gasteiger charge is 2.16. The van der Waals surface area contributed by atoms with Crippen molar-refractivity contribution in [1.82, 2.24) is 19.9 Å². The summed E-state index contributed by atoms with van der Waals surface area (Å²) in [6.45, 7) is 6.75. The average Bonchev–Trinajstić information content (AvgIpc) is 2.90. The summed E-state index contributed by atoms with van der Waals surface area (Å²) in [5, 5.41) is 17.9. The minimum absolute atomic E-state index is 0.293. The molecule has 0 fully saturated rings. The number of halogens is 1. The standard InChI is InChI=1S/C30H30ClN7O2S/c1-6-40-26-15-24-22(14-25(26)37-28(39)8-7-11-38(4)5)29(20(16-32)17-33-24)36-21-9-10-27(23(31)13-21)41-30-34-18(2)12-19(3)35-30/h7-10,12-15,17H,6,11H2,1-5H3,(H,33,36)(H,37,39). The highest BCUT2D eigenvalue weighted by molar-refractivity contribution is 7.99. The van der Waals surface area contributed by atoms with Crippen molar-refractivity contribution >= 4 is 57.2 Å². The third kappa shape index (κ3) is 7.73. The second-order valence-corrected chi connectivity index (χ2v) is 10.8. The van der Waals surface area contributed by atoms with Gasteiger partial charge in [0.05, 0.1) is 34.1 Å². The Morgan fingerprint density at radius 1 is 1.17 bits per heavy atom. The maximum absolute atomic E-state index is 12.6. The van der Waals surface area contributed by atoms with Gasteiger partial charge in [-0.3, -0.25) is 9.78 Å². The van der Waals surface area contributed by atoms with Crippen LogP contribution in [0.5, 0.6) is 5.75 Å². The Kier molecular flexibility index (Phi) is 9.78. The molecule has 11 heteroatoms. The van der Waals surface area contributed by atoms with Crippen molar-refractivity contribution in [2.45, 2.75) is 30.8 Å². The molecule has 2 aromatic heterocycles. The fourth-order valence-corrected chi connectivity index (χ4v) is 5.16. The molecule has 0 unspecified atom stereocenters. The van der Waals surface area contributed by atoms with E-state index in [9.17, 15) is 10.1 Å². The number of ether oxygens (including phenoxy) is 1. The summed E-state index contributed by atoms with van der Waals surface area (Å²) in [5.74, 6) is 0.189. The number of pyridine rings is 1. The van der Waals surface area contributed by atoms with Crippen LogP contribution >= 0.6 is 23.4 Å². The first-order chi connectivity index (χ1) is 19.7. The van der Waals surface area contributed by atoms with E-state index in [2.05, 4.69) is 31.7 Å². The lowest BCUT2D eigenvalue weighted by molar-refractivity contribution is -0.111. The summed E-state index contributed by atoms with van der Waals surface area (Å²) in [4.78, 5) is 28.8. The Morgan fingerprint density at radius 2 is 1.93 bits per heavy atom. The number of likely N-dealkylation sites (N-methyl/N-ethyl adjacent to an activating group) is 1. The number of amides is 1. The number of rotatable bonds is 10. The molecule has 0 aliphatic carbocycles. The van der Waals surface area contributed by atoms with Crippen LogP contribution in [-0.4, -0.2) is 53.0 Å². The fourth-order valence-electron chi connectivity index (χ4n) is 4.00. The van der Waals surface area contributed by atoms with Crippen molar-refractivity contribution in [1.29, 1.82) is 5.26 Å². The van der Waals surface area contributed by atoms with Gasteiger partial charge in [0.2, 0.25) is 5.91 Å². The van der Waals surface area contributed by atoms with Crippen LogP contribution in [-0.2, 0) is 4.79 Å². The Morgan fingerprint density at radius 3 is 2.59 bits per heavy atom. The maximum Gasteiger partial charge on any atom is 0.248 e. The van der Waals surface area contributed by atoms with Crippen molar-refractivity contribution in [3.63, 3.8) is 0 Å². The zero-order valence-electron chi connectivity index (χ0n) is 23.4. The second kappa shape index (κ2) is 13.5. The minimum atomic E-state index is -0.293. The molecule has 210 valence electrons. The lowest BCUT2D eigenvalue weighted by Crippen LogP contribution is -2.13. The van der Waals surface area contributed by atoms with Gasteiger partial charge in [-0.05, 0) is 77.0 Å². The van der Waals surface area contributed by atoms with E-state index < -0.39 is 0 Å². The number of aromatic nitrogens is 3. The van der Waals surface area contributed by atoms with Gasteiger partial charge in [-0.1, -0.05) is 17.7 Å². The maximum atomic E-state index is 12.6. The Hall–Kier alpha value is -4.17. The lowest BCUT2D eigenvalue weighted by Gasteiger charge is -2.16. The van der Waals surface area contributed by atoms with Gasteiger partial charge >= 0.3 is 0 Å². The van der Waals surface area contributed by atoms with Gasteiger partial charge in [-0.2, -0.15) is 5.26 Å². The van der Waals surface area contributed by atoms with Gasteiger partial charge in [0, 0.05) is 52.2 Å². The van der Waals surface area contributed by atoms with Crippen LogP contribution < -0.4 is 15.4 Å². The van der Waals surface area contributed by atoms with E-state index >= 15 is 0 Å². The minimum Gasteiger partial charge on any atom is -0.492 e. The number of nitrogens with zero attached hydrogens (tertiary/aromatic N) is 5.